The van der Waals surface area contributed by atoms with Crippen molar-refractivity contribution in [1.29, 1.82) is 5.26 Å². The highest BCUT2D eigenvalue weighted by Gasteiger charge is 2.22. The summed E-state index contributed by atoms with van der Waals surface area (Å²) < 4.78 is 15.5. The van der Waals surface area contributed by atoms with Crippen LogP contribution in [0.25, 0.3) is 5.82 Å². The van der Waals surface area contributed by atoms with Crippen LogP contribution in [0.15, 0.2) is 41.1 Å². The summed E-state index contributed by atoms with van der Waals surface area (Å²) in [6.07, 6.45) is 1.38. The van der Waals surface area contributed by atoms with Gasteiger partial charge in [-0.1, -0.05) is 0 Å². The molecule has 0 aliphatic rings. The van der Waals surface area contributed by atoms with Gasteiger partial charge in [0.15, 0.2) is 11.6 Å². The van der Waals surface area contributed by atoms with E-state index in [0.29, 0.717) is 10.2 Å². The van der Waals surface area contributed by atoms with Gasteiger partial charge in [-0.3, -0.25) is 9.59 Å². The van der Waals surface area contributed by atoms with Crippen molar-refractivity contribution in [3.63, 3.8) is 0 Å². The first kappa shape index (κ1) is 20.2. The predicted octanol–water partition coefficient (Wildman–Crippen LogP) is 2.96. The Morgan fingerprint density at radius 3 is 2.69 bits per heavy atom. The Morgan fingerprint density at radius 2 is 2.03 bits per heavy atom. The lowest BCUT2D eigenvalue weighted by Gasteiger charge is -2.14. The minimum atomic E-state index is -0.655. The molecule has 0 bridgehead atoms. The fourth-order valence-corrected chi connectivity index (χ4v) is 3.09. The molecule has 0 atom stereocenters. The molecule has 3 rings (SSSR count). The molecule has 10 heteroatoms. The molecule has 1 aromatic carbocycles. The molecular formula is C19H14BrFN6O2. The molecule has 2 aromatic heterocycles. The van der Waals surface area contributed by atoms with E-state index in [-0.39, 0.29) is 28.3 Å². The minimum Gasteiger partial charge on any atom is -0.355 e. The summed E-state index contributed by atoms with van der Waals surface area (Å²) >= 11 is 3.18. The number of aromatic nitrogens is 3. The van der Waals surface area contributed by atoms with E-state index in [9.17, 15) is 14.0 Å². The molecule has 29 heavy (non-hydrogen) atoms. The van der Waals surface area contributed by atoms with Crippen LogP contribution in [0, 0.1) is 24.1 Å². The molecule has 0 unspecified atom stereocenters. The number of aryl methyl sites for hydroxylation is 1. The molecule has 0 spiro atoms. The summed E-state index contributed by atoms with van der Waals surface area (Å²) in [7, 11) is 1.44. The van der Waals surface area contributed by atoms with Crippen LogP contribution in [0.2, 0.25) is 0 Å². The third-order valence-corrected chi connectivity index (χ3v) is 4.41. The van der Waals surface area contributed by atoms with Gasteiger partial charge >= 0.3 is 0 Å². The molecule has 0 radical (unpaired) electrons. The van der Waals surface area contributed by atoms with Crippen molar-refractivity contribution in [1.82, 2.24) is 20.1 Å². The highest BCUT2D eigenvalue weighted by molar-refractivity contribution is 9.10. The van der Waals surface area contributed by atoms with E-state index in [4.69, 9.17) is 5.26 Å². The third-order valence-electron chi connectivity index (χ3n) is 4.03. The van der Waals surface area contributed by atoms with Gasteiger partial charge in [0.2, 0.25) is 0 Å². The summed E-state index contributed by atoms with van der Waals surface area (Å²) in [5.41, 5.74) is 1.17. The van der Waals surface area contributed by atoms with Gasteiger partial charge in [-0.15, -0.1) is 0 Å². The number of rotatable bonds is 4. The van der Waals surface area contributed by atoms with Crippen LogP contribution in [0.3, 0.4) is 0 Å². The van der Waals surface area contributed by atoms with Gasteiger partial charge in [-0.05, 0) is 52.7 Å². The minimum absolute atomic E-state index is 0.00101. The lowest BCUT2D eigenvalue weighted by molar-refractivity contribution is 0.0964. The van der Waals surface area contributed by atoms with Crippen LogP contribution in [-0.2, 0) is 0 Å². The first-order valence-corrected chi connectivity index (χ1v) is 9.09. The van der Waals surface area contributed by atoms with E-state index in [1.54, 1.807) is 13.0 Å². The number of nitrogens with one attached hydrogen (secondary N) is 2. The van der Waals surface area contributed by atoms with Crippen LogP contribution < -0.4 is 10.6 Å². The van der Waals surface area contributed by atoms with Crippen molar-refractivity contribution in [3.8, 4) is 11.9 Å². The summed E-state index contributed by atoms with van der Waals surface area (Å²) in [6.45, 7) is 1.66. The molecular weight excluding hydrogens is 443 g/mol. The normalized spacial score (nSPS) is 10.3. The van der Waals surface area contributed by atoms with Gasteiger partial charge in [0.1, 0.15) is 10.3 Å². The number of amides is 2. The Bertz CT molecular complexity index is 1170. The maximum absolute atomic E-state index is 14.2. The van der Waals surface area contributed by atoms with E-state index in [1.165, 1.54) is 37.5 Å². The molecule has 2 N–H and O–H groups in total. The number of benzene rings is 1. The number of anilines is 1. The summed E-state index contributed by atoms with van der Waals surface area (Å²) in [6, 6.07) is 8.94. The smallest absolute Gasteiger partial charge is 0.274 e. The summed E-state index contributed by atoms with van der Waals surface area (Å²) in [4.78, 5) is 29.2. The van der Waals surface area contributed by atoms with Gasteiger partial charge in [-0.25, -0.2) is 14.1 Å². The fourth-order valence-electron chi connectivity index (χ4n) is 2.72. The van der Waals surface area contributed by atoms with E-state index < -0.39 is 17.6 Å². The molecule has 0 fully saturated rings. The maximum Gasteiger partial charge on any atom is 0.274 e. The van der Waals surface area contributed by atoms with Crippen LogP contribution in [0.5, 0.6) is 0 Å². The highest BCUT2D eigenvalue weighted by atomic mass is 79.9. The van der Waals surface area contributed by atoms with Crippen molar-refractivity contribution >= 4 is 33.4 Å². The zero-order valence-electron chi connectivity index (χ0n) is 15.3. The number of halogens is 2. The molecule has 0 aliphatic heterocycles. The number of pyridine rings is 1. The monoisotopic (exact) mass is 456 g/mol. The van der Waals surface area contributed by atoms with Crippen molar-refractivity contribution in [2.45, 2.75) is 6.92 Å². The van der Waals surface area contributed by atoms with Gasteiger partial charge < -0.3 is 10.6 Å². The van der Waals surface area contributed by atoms with Crippen molar-refractivity contribution < 1.29 is 14.0 Å². The van der Waals surface area contributed by atoms with E-state index in [0.717, 1.165) is 4.68 Å². The topological polar surface area (TPSA) is 113 Å². The van der Waals surface area contributed by atoms with Gasteiger partial charge in [0.05, 0.1) is 22.9 Å². The van der Waals surface area contributed by atoms with E-state index >= 15 is 0 Å². The number of carbonyl (C=O) groups is 2. The maximum atomic E-state index is 14.2. The zero-order chi connectivity index (χ0) is 21.1. The van der Waals surface area contributed by atoms with Crippen molar-refractivity contribution in [3.05, 3.63) is 69.3 Å². The number of nitriles is 1. The molecule has 8 nitrogen and oxygen atoms in total. The Morgan fingerprint density at radius 1 is 1.28 bits per heavy atom. The standard InChI is InChI=1S/C19H14BrFN6O2/c1-10-6-11(9-22)7-12(18(28)23-2)16(10)25-19(29)14-8-15(20)26-27(14)17-13(21)4-3-5-24-17/h3-8H,1-2H3,(H,23,28)(H,25,29). The second kappa shape index (κ2) is 8.20. The second-order valence-electron chi connectivity index (χ2n) is 5.93. The molecule has 0 aliphatic carbocycles. The van der Waals surface area contributed by atoms with E-state index in [2.05, 4.69) is 36.6 Å². The van der Waals surface area contributed by atoms with Crippen molar-refractivity contribution in [2.24, 2.45) is 0 Å². The first-order chi connectivity index (χ1) is 13.8. The predicted molar refractivity (Wildman–Crippen MR) is 106 cm³/mol. The molecule has 0 saturated heterocycles. The molecule has 0 saturated carbocycles. The van der Waals surface area contributed by atoms with Crippen LogP contribution >= 0.6 is 15.9 Å². The Hall–Kier alpha value is -3.58. The molecule has 2 amide bonds. The Labute approximate surface area is 173 Å². The number of carbonyl (C=O) groups excluding carboxylic acids is 2. The van der Waals surface area contributed by atoms with Crippen molar-refractivity contribution in [2.75, 3.05) is 12.4 Å². The summed E-state index contributed by atoms with van der Waals surface area (Å²) in [5, 5.41) is 18.4. The third kappa shape index (κ3) is 4.00. The average molecular weight is 457 g/mol. The average Bonchev–Trinajstić information content (AvgIpc) is 3.10. The van der Waals surface area contributed by atoms with Crippen LogP contribution in [-0.4, -0.2) is 33.6 Å². The molecule has 3 aromatic rings. The first-order valence-electron chi connectivity index (χ1n) is 8.30. The quantitative estimate of drug-likeness (QED) is 0.626. The Kier molecular flexibility index (Phi) is 5.70. The van der Waals surface area contributed by atoms with E-state index in [1.807, 2.05) is 6.07 Å². The lowest BCUT2D eigenvalue weighted by Crippen LogP contribution is -2.24. The van der Waals surface area contributed by atoms with Gasteiger partial charge in [0.25, 0.3) is 11.8 Å². The lowest BCUT2D eigenvalue weighted by atomic mass is 10.0. The molecule has 146 valence electrons. The number of hydrogen-bond donors (Lipinski definition) is 2. The fraction of sp³-hybridized carbons (Fsp3) is 0.105. The van der Waals surface area contributed by atoms with Crippen LogP contribution in [0.1, 0.15) is 32.0 Å². The number of hydrogen-bond acceptors (Lipinski definition) is 5. The largest absolute Gasteiger partial charge is 0.355 e. The van der Waals surface area contributed by atoms with Gasteiger partial charge in [0, 0.05) is 19.3 Å². The zero-order valence-corrected chi connectivity index (χ0v) is 16.9. The Balaban J connectivity index is 2.06. The summed E-state index contributed by atoms with van der Waals surface area (Å²) in [5.74, 6) is -1.90. The van der Waals surface area contributed by atoms with Crippen LogP contribution in [0.4, 0.5) is 10.1 Å². The second-order valence-corrected chi connectivity index (χ2v) is 6.75. The highest BCUT2D eigenvalue weighted by Crippen LogP contribution is 2.25. The van der Waals surface area contributed by atoms with Gasteiger partial charge in [-0.2, -0.15) is 10.4 Å². The SMILES string of the molecule is CNC(=O)c1cc(C#N)cc(C)c1NC(=O)c1cc(Br)nn1-c1ncccc1F. The number of nitrogens with zero attached hydrogens (tertiary/aromatic N) is 4. The molecule has 2 heterocycles.